The fraction of sp³-hybridized carbons (Fsp3) is 0.625. The molecule has 0 bridgehead atoms. The molecule has 0 aliphatic heterocycles. The van der Waals surface area contributed by atoms with E-state index in [0.717, 1.165) is 5.01 Å². The molecule has 1 rings (SSSR count). The zero-order valence-electron chi connectivity index (χ0n) is 8.53. The van der Waals surface area contributed by atoms with E-state index in [-0.39, 0.29) is 11.6 Å². The van der Waals surface area contributed by atoms with Gasteiger partial charge in [0.15, 0.2) is 0 Å². The molecule has 15 heavy (non-hydrogen) atoms. The topological polar surface area (TPSA) is 59.1 Å². The fourth-order valence-electron chi connectivity index (χ4n) is 1.12. The molecule has 0 spiro atoms. The van der Waals surface area contributed by atoms with E-state index in [0.29, 0.717) is 0 Å². The van der Waals surface area contributed by atoms with Crippen LogP contribution in [0.3, 0.4) is 0 Å². The Morgan fingerprint density at radius 3 is 2.73 bits per heavy atom. The van der Waals surface area contributed by atoms with E-state index >= 15 is 0 Å². The predicted molar refractivity (Wildman–Crippen MR) is 62.8 cm³/mol. The van der Waals surface area contributed by atoms with Gasteiger partial charge in [0.05, 0.1) is 11.3 Å². The fourth-order valence-corrected chi connectivity index (χ4v) is 3.69. The third-order valence-electron chi connectivity index (χ3n) is 1.72. The highest BCUT2D eigenvalue weighted by Gasteiger charge is 2.28. The van der Waals surface area contributed by atoms with Gasteiger partial charge in [-0.2, -0.15) is 0 Å². The van der Waals surface area contributed by atoms with Crippen molar-refractivity contribution in [2.24, 2.45) is 0 Å². The smallest absolute Gasteiger partial charge is 0.213 e. The molecule has 0 aromatic carbocycles. The van der Waals surface area contributed by atoms with Gasteiger partial charge in [0.25, 0.3) is 0 Å². The number of hydrogen-bond donors (Lipinski definition) is 1. The summed E-state index contributed by atoms with van der Waals surface area (Å²) in [6.45, 7) is 3.55. The SMILES string of the molecule is CC(C)(NS(=O)(=O)CCCl)c1nccs1. The number of sulfonamides is 1. The zero-order chi connectivity index (χ0) is 11.5. The molecular formula is C8H13ClN2O2S2. The van der Waals surface area contributed by atoms with Gasteiger partial charge in [-0.05, 0) is 13.8 Å². The first-order valence-corrected chi connectivity index (χ1v) is 7.41. The maximum atomic E-state index is 11.5. The monoisotopic (exact) mass is 268 g/mol. The van der Waals surface area contributed by atoms with E-state index in [4.69, 9.17) is 11.6 Å². The Morgan fingerprint density at radius 2 is 2.27 bits per heavy atom. The van der Waals surface area contributed by atoms with Gasteiger partial charge in [-0.15, -0.1) is 22.9 Å². The minimum absolute atomic E-state index is 0.0800. The summed E-state index contributed by atoms with van der Waals surface area (Å²) in [7, 11) is -3.33. The summed E-state index contributed by atoms with van der Waals surface area (Å²) < 4.78 is 25.6. The van der Waals surface area contributed by atoms with Crippen molar-refractivity contribution in [3.63, 3.8) is 0 Å². The van der Waals surface area contributed by atoms with E-state index in [1.54, 1.807) is 20.0 Å². The van der Waals surface area contributed by atoms with Crippen molar-refractivity contribution in [2.45, 2.75) is 19.4 Å². The number of alkyl halides is 1. The summed E-state index contributed by atoms with van der Waals surface area (Å²) in [5.74, 6) is 0.00659. The van der Waals surface area contributed by atoms with Crippen LogP contribution in [0.15, 0.2) is 11.6 Å². The van der Waals surface area contributed by atoms with E-state index < -0.39 is 15.6 Å². The lowest BCUT2D eigenvalue weighted by molar-refractivity contribution is 0.470. The van der Waals surface area contributed by atoms with E-state index in [2.05, 4.69) is 9.71 Å². The van der Waals surface area contributed by atoms with Gasteiger partial charge in [0.1, 0.15) is 5.01 Å². The van der Waals surface area contributed by atoms with Crippen LogP contribution in [0.4, 0.5) is 0 Å². The molecule has 0 amide bonds. The molecular weight excluding hydrogens is 256 g/mol. The first-order chi connectivity index (χ1) is 6.87. The summed E-state index contributed by atoms with van der Waals surface area (Å²) in [4.78, 5) is 4.09. The highest BCUT2D eigenvalue weighted by atomic mass is 35.5. The molecule has 0 unspecified atom stereocenters. The number of aromatic nitrogens is 1. The number of hydrogen-bond acceptors (Lipinski definition) is 4. The summed E-state index contributed by atoms with van der Waals surface area (Å²) >= 11 is 6.83. The molecule has 1 aromatic rings. The van der Waals surface area contributed by atoms with Crippen molar-refractivity contribution in [2.75, 3.05) is 11.6 Å². The Hall–Kier alpha value is -0.170. The average Bonchev–Trinajstić information content (AvgIpc) is 2.52. The van der Waals surface area contributed by atoms with Crippen LogP contribution in [0.5, 0.6) is 0 Å². The number of rotatable bonds is 5. The normalized spacial score (nSPS) is 13.0. The Bertz CT molecular complexity index is 400. The predicted octanol–water partition coefficient (Wildman–Crippen LogP) is 1.54. The molecule has 0 aliphatic rings. The first kappa shape index (κ1) is 12.9. The Labute approximate surface area is 98.7 Å². The van der Waals surface area contributed by atoms with Crippen molar-refractivity contribution in [1.82, 2.24) is 9.71 Å². The molecule has 0 saturated carbocycles. The second-order valence-corrected chi connectivity index (χ2v) is 6.69. The van der Waals surface area contributed by atoms with Crippen LogP contribution in [0.2, 0.25) is 0 Å². The van der Waals surface area contributed by atoms with Crippen LogP contribution in [-0.4, -0.2) is 25.0 Å². The van der Waals surface area contributed by atoms with Crippen LogP contribution < -0.4 is 4.72 Å². The molecule has 7 heteroatoms. The number of nitrogens with one attached hydrogen (secondary N) is 1. The first-order valence-electron chi connectivity index (χ1n) is 4.35. The molecule has 0 aliphatic carbocycles. The Morgan fingerprint density at radius 1 is 1.60 bits per heavy atom. The van der Waals surface area contributed by atoms with Gasteiger partial charge in [-0.1, -0.05) is 0 Å². The van der Waals surface area contributed by atoms with E-state index in [1.165, 1.54) is 11.3 Å². The second-order valence-electron chi connectivity index (χ2n) is 3.57. The largest absolute Gasteiger partial charge is 0.248 e. The summed E-state index contributed by atoms with van der Waals surface area (Å²) in [6.07, 6.45) is 1.65. The van der Waals surface area contributed by atoms with Crippen LogP contribution >= 0.6 is 22.9 Å². The van der Waals surface area contributed by atoms with Crippen LogP contribution in [0.25, 0.3) is 0 Å². The Kier molecular flexibility index (Phi) is 4.11. The highest BCUT2D eigenvalue weighted by molar-refractivity contribution is 7.89. The van der Waals surface area contributed by atoms with E-state index in [1.807, 2.05) is 5.38 Å². The summed E-state index contributed by atoms with van der Waals surface area (Å²) in [6, 6.07) is 0. The maximum Gasteiger partial charge on any atom is 0.213 e. The lowest BCUT2D eigenvalue weighted by Gasteiger charge is -2.23. The number of thiazole rings is 1. The summed E-state index contributed by atoms with van der Waals surface area (Å²) in [5, 5.41) is 2.55. The van der Waals surface area contributed by atoms with Crippen LogP contribution in [-0.2, 0) is 15.6 Å². The average molecular weight is 269 g/mol. The van der Waals surface area contributed by atoms with Crippen molar-refractivity contribution in [3.8, 4) is 0 Å². The second kappa shape index (κ2) is 4.78. The summed E-state index contributed by atoms with van der Waals surface area (Å²) in [5.41, 5.74) is -0.681. The molecule has 1 N–H and O–H groups in total. The van der Waals surface area contributed by atoms with Crippen LogP contribution in [0, 0.1) is 0 Å². The molecule has 4 nitrogen and oxygen atoms in total. The maximum absolute atomic E-state index is 11.5. The minimum atomic E-state index is -3.33. The standard InChI is InChI=1S/C8H13ClN2O2S2/c1-8(2,7-10-4-5-14-7)11-15(12,13)6-3-9/h4-5,11H,3,6H2,1-2H3. The molecule has 0 radical (unpaired) electrons. The Balaban J connectivity index is 2.81. The lowest BCUT2D eigenvalue weighted by Crippen LogP contribution is -2.42. The van der Waals surface area contributed by atoms with Gasteiger partial charge >= 0.3 is 0 Å². The third-order valence-corrected chi connectivity index (χ3v) is 4.80. The molecule has 0 saturated heterocycles. The van der Waals surface area contributed by atoms with E-state index in [9.17, 15) is 8.42 Å². The van der Waals surface area contributed by atoms with Gasteiger partial charge < -0.3 is 0 Å². The third kappa shape index (κ3) is 3.71. The minimum Gasteiger partial charge on any atom is -0.248 e. The van der Waals surface area contributed by atoms with Crippen molar-refractivity contribution in [3.05, 3.63) is 16.6 Å². The van der Waals surface area contributed by atoms with Crippen molar-refractivity contribution >= 4 is 33.0 Å². The van der Waals surface area contributed by atoms with Gasteiger partial charge in [-0.3, -0.25) is 0 Å². The molecule has 0 fully saturated rings. The number of nitrogens with zero attached hydrogens (tertiary/aromatic N) is 1. The molecule has 0 atom stereocenters. The highest BCUT2D eigenvalue weighted by Crippen LogP contribution is 2.22. The van der Waals surface area contributed by atoms with Gasteiger partial charge in [0.2, 0.25) is 10.0 Å². The molecule has 1 aromatic heterocycles. The number of halogens is 1. The van der Waals surface area contributed by atoms with Gasteiger partial charge in [-0.25, -0.2) is 18.1 Å². The van der Waals surface area contributed by atoms with Crippen molar-refractivity contribution < 1.29 is 8.42 Å². The zero-order valence-corrected chi connectivity index (χ0v) is 10.9. The quantitative estimate of drug-likeness (QED) is 0.824. The van der Waals surface area contributed by atoms with Gasteiger partial charge in [0, 0.05) is 17.5 Å². The molecule has 1 heterocycles. The molecule has 86 valence electrons. The van der Waals surface area contributed by atoms with Crippen LogP contribution in [0.1, 0.15) is 18.9 Å². The lowest BCUT2D eigenvalue weighted by atomic mass is 10.1. The van der Waals surface area contributed by atoms with Crippen molar-refractivity contribution in [1.29, 1.82) is 0 Å².